The molecule has 0 atom stereocenters. The molecule has 1 aliphatic heterocycles. The quantitative estimate of drug-likeness (QED) is 0.671. The minimum absolute atomic E-state index is 0.133. The Labute approximate surface area is 85.3 Å². The fourth-order valence-electron chi connectivity index (χ4n) is 1.49. The van der Waals surface area contributed by atoms with Crippen molar-refractivity contribution in [2.75, 3.05) is 5.32 Å². The standard InChI is InChI=1S/C10H11NO.C2H6/c1-7-2-3-8-4-5-10(12)11-9(8)6-7;1-2/h2-3,6H,4-5H2,1H3,(H,11,12);1-2H3. The predicted octanol–water partition coefficient (Wildman–Crippen LogP) is 2.91. The second-order valence-corrected chi connectivity index (χ2v) is 3.21. The van der Waals surface area contributed by atoms with Gasteiger partial charge in [-0.1, -0.05) is 26.0 Å². The minimum Gasteiger partial charge on any atom is -0.326 e. The summed E-state index contributed by atoms with van der Waals surface area (Å²) in [4.78, 5) is 11.0. The summed E-state index contributed by atoms with van der Waals surface area (Å²) in [5.41, 5.74) is 3.43. The average molecular weight is 191 g/mol. The number of fused-ring (bicyclic) bond motifs is 1. The molecule has 1 N–H and O–H groups in total. The first-order valence-electron chi connectivity index (χ1n) is 5.15. The van der Waals surface area contributed by atoms with Crippen molar-refractivity contribution in [1.29, 1.82) is 0 Å². The molecular weight excluding hydrogens is 174 g/mol. The predicted molar refractivity (Wildman–Crippen MR) is 59.5 cm³/mol. The summed E-state index contributed by atoms with van der Waals surface area (Å²) in [5, 5.41) is 2.86. The molecule has 1 aromatic carbocycles. The van der Waals surface area contributed by atoms with Crippen molar-refractivity contribution < 1.29 is 4.79 Å². The zero-order valence-electron chi connectivity index (χ0n) is 9.05. The lowest BCUT2D eigenvalue weighted by Crippen LogP contribution is -2.18. The maximum absolute atomic E-state index is 11.0. The van der Waals surface area contributed by atoms with Crippen LogP contribution in [-0.2, 0) is 11.2 Å². The number of hydrogen-bond donors (Lipinski definition) is 1. The Kier molecular flexibility index (Phi) is 3.69. The number of carbonyl (C=O) groups excluding carboxylic acids is 1. The molecule has 0 saturated heterocycles. The highest BCUT2D eigenvalue weighted by molar-refractivity contribution is 5.93. The van der Waals surface area contributed by atoms with Crippen LogP contribution in [-0.4, -0.2) is 5.91 Å². The molecule has 0 unspecified atom stereocenters. The highest BCUT2D eigenvalue weighted by Gasteiger charge is 2.13. The van der Waals surface area contributed by atoms with Gasteiger partial charge in [0.05, 0.1) is 0 Å². The Hall–Kier alpha value is -1.31. The molecule has 1 heterocycles. The molecule has 14 heavy (non-hydrogen) atoms. The van der Waals surface area contributed by atoms with Gasteiger partial charge in [0.2, 0.25) is 5.91 Å². The van der Waals surface area contributed by atoms with E-state index < -0.39 is 0 Å². The lowest BCUT2D eigenvalue weighted by molar-refractivity contribution is -0.116. The topological polar surface area (TPSA) is 29.1 Å². The third-order valence-corrected chi connectivity index (χ3v) is 2.16. The number of anilines is 1. The number of aryl methyl sites for hydroxylation is 2. The van der Waals surface area contributed by atoms with E-state index in [0.29, 0.717) is 6.42 Å². The van der Waals surface area contributed by atoms with Gasteiger partial charge >= 0.3 is 0 Å². The summed E-state index contributed by atoms with van der Waals surface area (Å²) in [6.45, 7) is 6.03. The number of rotatable bonds is 0. The Balaban J connectivity index is 0.000000461. The summed E-state index contributed by atoms with van der Waals surface area (Å²) in [6, 6.07) is 6.19. The lowest BCUT2D eigenvalue weighted by Gasteiger charge is -2.16. The molecule has 2 nitrogen and oxygen atoms in total. The van der Waals surface area contributed by atoms with Gasteiger partial charge in [-0.3, -0.25) is 4.79 Å². The number of hydrogen-bond acceptors (Lipinski definition) is 1. The smallest absolute Gasteiger partial charge is 0.224 e. The van der Waals surface area contributed by atoms with Crippen LogP contribution >= 0.6 is 0 Å². The second kappa shape index (κ2) is 4.80. The number of carbonyl (C=O) groups is 1. The van der Waals surface area contributed by atoms with Gasteiger partial charge in [-0.2, -0.15) is 0 Å². The molecule has 1 aromatic rings. The van der Waals surface area contributed by atoms with Gasteiger partial charge in [0.15, 0.2) is 0 Å². The van der Waals surface area contributed by atoms with Crippen LogP contribution < -0.4 is 5.32 Å². The van der Waals surface area contributed by atoms with Crippen LogP contribution in [0.15, 0.2) is 18.2 Å². The molecular formula is C12H17NO. The molecule has 0 aliphatic carbocycles. The Morgan fingerprint density at radius 1 is 1.21 bits per heavy atom. The Morgan fingerprint density at radius 3 is 2.64 bits per heavy atom. The number of benzene rings is 1. The Bertz CT molecular complexity index is 331. The van der Waals surface area contributed by atoms with Crippen molar-refractivity contribution in [3.8, 4) is 0 Å². The monoisotopic (exact) mass is 191 g/mol. The minimum atomic E-state index is 0.133. The zero-order valence-corrected chi connectivity index (χ0v) is 9.05. The van der Waals surface area contributed by atoms with E-state index in [-0.39, 0.29) is 5.91 Å². The van der Waals surface area contributed by atoms with E-state index in [1.54, 1.807) is 0 Å². The summed E-state index contributed by atoms with van der Waals surface area (Å²) in [6.07, 6.45) is 1.50. The molecule has 0 spiro atoms. The van der Waals surface area contributed by atoms with Crippen LogP contribution in [0.1, 0.15) is 31.4 Å². The molecule has 0 bridgehead atoms. The maximum Gasteiger partial charge on any atom is 0.224 e. The van der Waals surface area contributed by atoms with E-state index in [4.69, 9.17) is 0 Å². The summed E-state index contributed by atoms with van der Waals surface area (Å²) >= 11 is 0. The largest absolute Gasteiger partial charge is 0.326 e. The van der Waals surface area contributed by atoms with E-state index in [9.17, 15) is 4.79 Å². The number of amides is 1. The fraction of sp³-hybridized carbons (Fsp3) is 0.417. The van der Waals surface area contributed by atoms with Gasteiger partial charge in [-0.05, 0) is 30.5 Å². The van der Waals surface area contributed by atoms with Gasteiger partial charge in [-0.25, -0.2) is 0 Å². The van der Waals surface area contributed by atoms with E-state index >= 15 is 0 Å². The first-order chi connectivity index (χ1) is 6.75. The van der Waals surface area contributed by atoms with Crippen molar-refractivity contribution >= 4 is 11.6 Å². The average Bonchev–Trinajstić information content (AvgIpc) is 2.20. The third kappa shape index (κ3) is 2.34. The molecule has 2 heteroatoms. The van der Waals surface area contributed by atoms with Crippen LogP contribution in [0.5, 0.6) is 0 Å². The van der Waals surface area contributed by atoms with Crippen LogP contribution in [0.4, 0.5) is 5.69 Å². The van der Waals surface area contributed by atoms with Crippen LogP contribution in [0.3, 0.4) is 0 Å². The second-order valence-electron chi connectivity index (χ2n) is 3.21. The van der Waals surface area contributed by atoms with E-state index in [1.807, 2.05) is 26.8 Å². The van der Waals surface area contributed by atoms with E-state index in [1.165, 1.54) is 11.1 Å². The van der Waals surface area contributed by atoms with Gasteiger partial charge < -0.3 is 5.32 Å². The first-order valence-corrected chi connectivity index (χ1v) is 5.15. The highest BCUT2D eigenvalue weighted by atomic mass is 16.1. The maximum atomic E-state index is 11.0. The van der Waals surface area contributed by atoms with Crippen LogP contribution in [0.25, 0.3) is 0 Å². The van der Waals surface area contributed by atoms with Gasteiger partial charge in [0.25, 0.3) is 0 Å². The molecule has 2 rings (SSSR count). The zero-order chi connectivity index (χ0) is 10.6. The lowest BCUT2D eigenvalue weighted by atomic mass is 10.0. The molecule has 0 radical (unpaired) electrons. The SMILES string of the molecule is CC.Cc1ccc2c(c1)NC(=O)CC2. The van der Waals surface area contributed by atoms with E-state index in [2.05, 4.69) is 17.4 Å². The molecule has 76 valence electrons. The Morgan fingerprint density at radius 2 is 1.93 bits per heavy atom. The van der Waals surface area contributed by atoms with Crippen molar-refractivity contribution in [3.63, 3.8) is 0 Å². The highest BCUT2D eigenvalue weighted by Crippen LogP contribution is 2.22. The molecule has 0 aromatic heterocycles. The van der Waals surface area contributed by atoms with Crippen molar-refractivity contribution in [1.82, 2.24) is 0 Å². The van der Waals surface area contributed by atoms with Crippen LogP contribution in [0.2, 0.25) is 0 Å². The molecule has 0 saturated carbocycles. The molecule has 0 fully saturated rings. The summed E-state index contributed by atoms with van der Waals surface area (Å²) in [7, 11) is 0. The van der Waals surface area contributed by atoms with Crippen molar-refractivity contribution in [2.45, 2.75) is 33.6 Å². The van der Waals surface area contributed by atoms with E-state index in [0.717, 1.165) is 12.1 Å². The van der Waals surface area contributed by atoms with Gasteiger partial charge in [0.1, 0.15) is 0 Å². The molecule has 1 aliphatic rings. The van der Waals surface area contributed by atoms with Crippen molar-refractivity contribution in [3.05, 3.63) is 29.3 Å². The van der Waals surface area contributed by atoms with Gasteiger partial charge in [-0.15, -0.1) is 0 Å². The first kappa shape index (κ1) is 10.8. The van der Waals surface area contributed by atoms with Crippen LogP contribution in [0, 0.1) is 6.92 Å². The summed E-state index contributed by atoms with van der Waals surface area (Å²) in [5.74, 6) is 0.133. The summed E-state index contributed by atoms with van der Waals surface area (Å²) < 4.78 is 0. The number of nitrogens with one attached hydrogen (secondary N) is 1. The molecule has 1 amide bonds. The fourth-order valence-corrected chi connectivity index (χ4v) is 1.49. The van der Waals surface area contributed by atoms with Gasteiger partial charge in [0, 0.05) is 12.1 Å². The third-order valence-electron chi connectivity index (χ3n) is 2.16. The normalized spacial score (nSPS) is 13.5. The van der Waals surface area contributed by atoms with Crippen molar-refractivity contribution in [2.24, 2.45) is 0 Å².